The van der Waals surface area contributed by atoms with Crippen molar-refractivity contribution in [3.05, 3.63) is 58.9 Å². The van der Waals surface area contributed by atoms with E-state index in [1.54, 1.807) is 24.3 Å². The molecule has 1 aromatic carbocycles. The zero-order chi connectivity index (χ0) is 12.3. The summed E-state index contributed by atoms with van der Waals surface area (Å²) in [6.45, 7) is 0.520. The van der Waals surface area contributed by atoms with Gasteiger partial charge < -0.3 is 9.88 Å². The van der Waals surface area contributed by atoms with Gasteiger partial charge in [-0.25, -0.2) is 0 Å². The summed E-state index contributed by atoms with van der Waals surface area (Å²) in [6, 6.07) is 8.88. The lowest BCUT2D eigenvalue weighted by Gasteiger charge is -2.04. The Morgan fingerprint density at radius 3 is 2.88 bits per heavy atom. The number of hydrogen-bond donors (Lipinski definition) is 1. The summed E-state index contributed by atoms with van der Waals surface area (Å²) >= 11 is 5.83. The van der Waals surface area contributed by atoms with Crippen LogP contribution in [-0.4, -0.2) is 10.5 Å². The summed E-state index contributed by atoms with van der Waals surface area (Å²) in [5.41, 5.74) is 1.65. The topological polar surface area (TPSA) is 34.0 Å². The first-order valence-electron chi connectivity index (χ1n) is 5.30. The third kappa shape index (κ3) is 3.11. The second kappa shape index (κ2) is 5.06. The number of nitrogens with zero attached hydrogens (tertiary/aromatic N) is 1. The molecule has 0 radical (unpaired) electrons. The molecule has 1 N–H and O–H groups in total. The maximum absolute atomic E-state index is 11.8. The summed E-state index contributed by atoms with van der Waals surface area (Å²) in [6.07, 6.45) is 3.92. The van der Waals surface area contributed by atoms with E-state index in [1.807, 2.05) is 30.1 Å². The minimum Gasteiger partial charge on any atom is -0.357 e. The number of halogens is 1. The summed E-state index contributed by atoms with van der Waals surface area (Å²) in [5.74, 6) is -0.114. The molecule has 1 heterocycles. The Labute approximate surface area is 105 Å². The average molecular weight is 249 g/mol. The van der Waals surface area contributed by atoms with E-state index in [1.165, 1.54) is 0 Å². The predicted octanol–water partition coefficient (Wildman–Crippen LogP) is 2.61. The zero-order valence-corrected chi connectivity index (χ0v) is 10.2. The van der Waals surface area contributed by atoms with Crippen molar-refractivity contribution in [2.24, 2.45) is 7.05 Å². The molecule has 0 unspecified atom stereocenters. The van der Waals surface area contributed by atoms with Crippen molar-refractivity contribution in [1.29, 1.82) is 0 Å². The van der Waals surface area contributed by atoms with Gasteiger partial charge in [-0.05, 0) is 29.8 Å². The van der Waals surface area contributed by atoms with Gasteiger partial charge in [0.15, 0.2) is 0 Å². The molecule has 0 saturated heterocycles. The number of amides is 1. The molecule has 17 heavy (non-hydrogen) atoms. The largest absolute Gasteiger partial charge is 0.357 e. The van der Waals surface area contributed by atoms with Crippen LogP contribution in [0.5, 0.6) is 0 Å². The third-order valence-corrected chi connectivity index (χ3v) is 2.67. The first-order valence-corrected chi connectivity index (χ1v) is 5.67. The third-order valence-electron chi connectivity index (χ3n) is 2.43. The average Bonchev–Trinajstić information content (AvgIpc) is 2.72. The molecular formula is C13H13ClN2O. The van der Waals surface area contributed by atoms with Crippen LogP contribution in [0.4, 0.5) is 0 Å². The maximum atomic E-state index is 11.8. The van der Waals surface area contributed by atoms with Crippen LogP contribution < -0.4 is 5.32 Å². The van der Waals surface area contributed by atoms with Crippen LogP contribution in [-0.2, 0) is 13.6 Å². The zero-order valence-electron chi connectivity index (χ0n) is 9.48. The lowest BCUT2D eigenvalue weighted by molar-refractivity contribution is 0.0951. The van der Waals surface area contributed by atoms with Crippen LogP contribution in [0.1, 0.15) is 15.9 Å². The summed E-state index contributed by atoms with van der Waals surface area (Å²) in [4.78, 5) is 11.8. The molecule has 0 bridgehead atoms. The molecule has 0 aliphatic rings. The molecule has 4 heteroatoms. The minimum absolute atomic E-state index is 0.114. The van der Waals surface area contributed by atoms with Crippen molar-refractivity contribution < 1.29 is 4.79 Å². The van der Waals surface area contributed by atoms with E-state index in [0.717, 1.165) is 5.56 Å². The molecule has 0 aliphatic carbocycles. The van der Waals surface area contributed by atoms with E-state index in [9.17, 15) is 4.79 Å². The van der Waals surface area contributed by atoms with Crippen LogP contribution in [0.2, 0.25) is 5.02 Å². The molecule has 1 amide bonds. The van der Waals surface area contributed by atoms with E-state index in [-0.39, 0.29) is 5.91 Å². The van der Waals surface area contributed by atoms with Gasteiger partial charge in [0.1, 0.15) is 0 Å². The van der Waals surface area contributed by atoms with Gasteiger partial charge in [0.05, 0.1) is 0 Å². The van der Waals surface area contributed by atoms with E-state index in [2.05, 4.69) is 5.32 Å². The quantitative estimate of drug-likeness (QED) is 0.890. The van der Waals surface area contributed by atoms with E-state index >= 15 is 0 Å². The fourth-order valence-electron chi connectivity index (χ4n) is 1.58. The van der Waals surface area contributed by atoms with E-state index < -0.39 is 0 Å². The van der Waals surface area contributed by atoms with Crippen molar-refractivity contribution in [2.75, 3.05) is 0 Å². The highest BCUT2D eigenvalue weighted by Crippen LogP contribution is 2.10. The lowest BCUT2D eigenvalue weighted by atomic mass is 10.2. The number of carbonyl (C=O) groups excluding carboxylic acids is 1. The van der Waals surface area contributed by atoms with Crippen LogP contribution in [0.15, 0.2) is 42.7 Å². The number of carbonyl (C=O) groups is 1. The van der Waals surface area contributed by atoms with Crippen LogP contribution in [0, 0.1) is 0 Å². The monoisotopic (exact) mass is 248 g/mol. The van der Waals surface area contributed by atoms with Gasteiger partial charge in [-0.3, -0.25) is 4.79 Å². The lowest BCUT2D eigenvalue weighted by Crippen LogP contribution is -2.22. The molecule has 88 valence electrons. The second-order valence-corrected chi connectivity index (χ2v) is 4.31. The number of benzene rings is 1. The fourth-order valence-corrected chi connectivity index (χ4v) is 1.77. The summed E-state index contributed by atoms with van der Waals surface area (Å²) in [7, 11) is 1.95. The molecule has 0 spiro atoms. The first kappa shape index (κ1) is 11.7. The Bertz CT molecular complexity index is 534. The highest BCUT2D eigenvalue weighted by atomic mass is 35.5. The van der Waals surface area contributed by atoms with Crippen molar-refractivity contribution in [3.8, 4) is 0 Å². The standard InChI is InChI=1S/C13H13ClN2O/c1-16-6-5-10(9-16)8-15-13(17)11-3-2-4-12(14)7-11/h2-7,9H,8H2,1H3,(H,15,17). The van der Waals surface area contributed by atoms with Gasteiger partial charge in [-0.15, -0.1) is 0 Å². The Balaban J connectivity index is 1.98. The van der Waals surface area contributed by atoms with Gasteiger partial charge in [-0.1, -0.05) is 17.7 Å². The first-order chi connectivity index (χ1) is 8.15. The molecule has 0 aliphatic heterocycles. The number of hydrogen-bond acceptors (Lipinski definition) is 1. The number of aryl methyl sites for hydroxylation is 1. The van der Waals surface area contributed by atoms with Crippen molar-refractivity contribution in [2.45, 2.75) is 6.54 Å². The van der Waals surface area contributed by atoms with Gasteiger partial charge >= 0.3 is 0 Å². The Morgan fingerprint density at radius 1 is 1.41 bits per heavy atom. The maximum Gasteiger partial charge on any atom is 0.251 e. The molecule has 0 saturated carbocycles. The highest BCUT2D eigenvalue weighted by molar-refractivity contribution is 6.30. The summed E-state index contributed by atoms with van der Waals surface area (Å²) in [5, 5.41) is 3.41. The van der Waals surface area contributed by atoms with Crippen LogP contribution in [0.25, 0.3) is 0 Å². The fraction of sp³-hybridized carbons (Fsp3) is 0.154. The molecule has 1 aromatic heterocycles. The summed E-state index contributed by atoms with van der Waals surface area (Å²) < 4.78 is 1.95. The Hall–Kier alpha value is -1.74. The smallest absolute Gasteiger partial charge is 0.251 e. The molecule has 3 nitrogen and oxygen atoms in total. The van der Waals surface area contributed by atoms with E-state index in [0.29, 0.717) is 17.1 Å². The van der Waals surface area contributed by atoms with Gasteiger partial charge in [0.25, 0.3) is 5.91 Å². The van der Waals surface area contributed by atoms with Crippen LogP contribution >= 0.6 is 11.6 Å². The van der Waals surface area contributed by atoms with E-state index in [4.69, 9.17) is 11.6 Å². The molecule has 2 rings (SSSR count). The van der Waals surface area contributed by atoms with Crippen molar-refractivity contribution in [1.82, 2.24) is 9.88 Å². The second-order valence-electron chi connectivity index (χ2n) is 3.88. The minimum atomic E-state index is -0.114. The van der Waals surface area contributed by atoms with Crippen LogP contribution in [0.3, 0.4) is 0 Å². The Morgan fingerprint density at radius 2 is 2.24 bits per heavy atom. The number of nitrogens with one attached hydrogen (secondary N) is 1. The molecular weight excluding hydrogens is 236 g/mol. The predicted molar refractivity (Wildman–Crippen MR) is 68.0 cm³/mol. The Kier molecular flexibility index (Phi) is 3.49. The molecule has 2 aromatic rings. The highest BCUT2D eigenvalue weighted by Gasteiger charge is 2.05. The molecule has 0 fully saturated rings. The normalized spacial score (nSPS) is 10.2. The van der Waals surface area contributed by atoms with Crippen molar-refractivity contribution >= 4 is 17.5 Å². The van der Waals surface area contributed by atoms with Gasteiger partial charge in [0, 0.05) is 36.6 Å². The number of aromatic nitrogens is 1. The molecule has 0 atom stereocenters. The van der Waals surface area contributed by atoms with Crippen molar-refractivity contribution in [3.63, 3.8) is 0 Å². The SMILES string of the molecule is Cn1ccc(CNC(=O)c2cccc(Cl)c2)c1. The van der Waals surface area contributed by atoms with Gasteiger partial charge in [-0.2, -0.15) is 0 Å². The van der Waals surface area contributed by atoms with Gasteiger partial charge in [0.2, 0.25) is 0 Å². The number of rotatable bonds is 3.